The molecule has 2 N–H and O–H groups in total. The molecule has 0 aromatic heterocycles. The van der Waals surface area contributed by atoms with E-state index in [9.17, 15) is 0 Å². The summed E-state index contributed by atoms with van der Waals surface area (Å²) < 4.78 is 0. The quantitative estimate of drug-likeness (QED) is 0.611. The summed E-state index contributed by atoms with van der Waals surface area (Å²) >= 11 is 0. The summed E-state index contributed by atoms with van der Waals surface area (Å²) in [6, 6.07) is 14.3. The van der Waals surface area contributed by atoms with Crippen molar-refractivity contribution in [3.8, 4) is 11.1 Å². The van der Waals surface area contributed by atoms with E-state index in [1.807, 2.05) is 43.3 Å². The first-order chi connectivity index (χ1) is 9.08. The fourth-order valence-electron chi connectivity index (χ4n) is 2.08. The Morgan fingerprint density at radius 1 is 1.16 bits per heavy atom. The van der Waals surface area contributed by atoms with Crippen LogP contribution in [0.3, 0.4) is 0 Å². The standard InChI is InChI=1S/C18H19N/c1-13(2)9-10-16-11-17(19)12-18(14(16)3)15-7-5-4-6-8-15/h4-12H,1,19H2,2-3H3/b10-9-. The Morgan fingerprint density at radius 2 is 1.84 bits per heavy atom. The summed E-state index contributed by atoms with van der Waals surface area (Å²) in [5.41, 5.74) is 12.6. The average Bonchev–Trinajstić information content (AvgIpc) is 2.40. The lowest BCUT2D eigenvalue weighted by Crippen LogP contribution is -1.93. The maximum Gasteiger partial charge on any atom is 0.0326 e. The van der Waals surface area contributed by atoms with Gasteiger partial charge in [-0.3, -0.25) is 0 Å². The van der Waals surface area contributed by atoms with Gasteiger partial charge in [-0.05, 0) is 48.2 Å². The maximum absolute atomic E-state index is 6.02. The number of nitrogens with two attached hydrogens (primary N) is 1. The summed E-state index contributed by atoms with van der Waals surface area (Å²) in [7, 11) is 0. The first kappa shape index (κ1) is 13.2. The molecule has 0 bridgehead atoms. The van der Waals surface area contributed by atoms with Gasteiger partial charge in [0.1, 0.15) is 0 Å². The zero-order valence-corrected chi connectivity index (χ0v) is 11.5. The van der Waals surface area contributed by atoms with Crippen molar-refractivity contribution in [3.63, 3.8) is 0 Å². The molecule has 0 aliphatic rings. The Balaban J connectivity index is 2.55. The van der Waals surface area contributed by atoms with Crippen molar-refractivity contribution in [2.75, 3.05) is 5.73 Å². The van der Waals surface area contributed by atoms with Crippen LogP contribution in [0.4, 0.5) is 5.69 Å². The van der Waals surface area contributed by atoms with Gasteiger partial charge in [-0.15, -0.1) is 0 Å². The Hall–Kier alpha value is -2.28. The second kappa shape index (κ2) is 5.57. The van der Waals surface area contributed by atoms with Crippen LogP contribution in [0.1, 0.15) is 18.1 Å². The smallest absolute Gasteiger partial charge is 0.0326 e. The highest BCUT2D eigenvalue weighted by Crippen LogP contribution is 2.29. The minimum Gasteiger partial charge on any atom is -0.399 e. The van der Waals surface area contributed by atoms with E-state index in [0.29, 0.717) is 0 Å². The summed E-state index contributed by atoms with van der Waals surface area (Å²) in [4.78, 5) is 0. The maximum atomic E-state index is 6.02. The first-order valence-corrected chi connectivity index (χ1v) is 6.37. The second-order valence-electron chi connectivity index (χ2n) is 4.83. The van der Waals surface area contributed by atoms with Gasteiger partial charge in [-0.25, -0.2) is 0 Å². The highest BCUT2D eigenvalue weighted by atomic mass is 14.5. The van der Waals surface area contributed by atoms with E-state index in [2.05, 4.69) is 31.7 Å². The lowest BCUT2D eigenvalue weighted by atomic mass is 9.95. The second-order valence-corrected chi connectivity index (χ2v) is 4.83. The van der Waals surface area contributed by atoms with Crippen LogP contribution in [0.5, 0.6) is 0 Å². The lowest BCUT2D eigenvalue weighted by molar-refractivity contribution is 1.43. The van der Waals surface area contributed by atoms with Crippen molar-refractivity contribution in [2.24, 2.45) is 0 Å². The van der Waals surface area contributed by atoms with Gasteiger partial charge in [0.05, 0.1) is 0 Å². The van der Waals surface area contributed by atoms with Gasteiger partial charge in [0.25, 0.3) is 0 Å². The summed E-state index contributed by atoms with van der Waals surface area (Å²) in [5, 5.41) is 0. The summed E-state index contributed by atoms with van der Waals surface area (Å²) in [6.07, 6.45) is 4.08. The Kier molecular flexibility index (Phi) is 3.86. The highest BCUT2D eigenvalue weighted by molar-refractivity contribution is 5.76. The van der Waals surface area contributed by atoms with E-state index >= 15 is 0 Å². The minimum absolute atomic E-state index is 0.783. The molecule has 0 saturated carbocycles. The number of benzene rings is 2. The fraction of sp³-hybridized carbons (Fsp3) is 0.111. The molecule has 2 rings (SSSR count). The molecule has 2 aromatic carbocycles. The molecule has 0 amide bonds. The van der Waals surface area contributed by atoms with Gasteiger partial charge in [0.2, 0.25) is 0 Å². The van der Waals surface area contributed by atoms with E-state index in [0.717, 1.165) is 16.8 Å². The molecule has 0 unspecified atom stereocenters. The largest absolute Gasteiger partial charge is 0.399 e. The zero-order chi connectivity index (χ0) is 13.8. The number of anilines is 1. The predicted molar refractivity (Wildman–Crippen MR) is 84.9 cm³/mol. The van der Waals surface area contributed by atoms with Crippen molar-refractivity contribution in [3.05, 3.63) is 71.8 Å². The lowest BCUT2D eigenvalue weighted by Gasteiger charge is -2.11. The molecule has 0 aliphatic heterocycles. The number of nitrogen functional groups attached to an aromatic ring is 1. The van der Waals surface area contributed by atoms with Crippen LogP contribution in [-0.4, -0.2) is 0 Å². The van der Waals surface area contributed by atoms with Gasteiger partial charge < -0.3 is 5.73 Å². The van der Waals surface area contributed by atoms with Crippen LogP contribution in [0, 0.1) is 6.92 Å². The van der Waals surface area contributed by atoms with E-state index in [-0.39, 0.29) is 0 Å². The predicted octanol–water partition coefficient (Wildman–Crippen LogP) is 4.83. The number of hydrogen-bond donors (Lipinski definition) is 1. The summed E-state index contributed by atoms with van der Waals surface area (Å²) in [6.45, 7) is 7.99. The molecule has 0 fully saturated rings. The molecule has 0 radical (unpaired) electrons. The van der Waals surface area contributed by atoms with Crippen LogP contribution in [0.2, 0.25) is 0 Å². The van der Waals surface area contributed by atoms with E-state index in [1.165, 1.54) is 16.7 Å². The SMILES string of the molecule is C=C(C)/C=C\c1cc(N)cc(-c2ccccc2)c1C. The zero-order valence-electron chi connectivity index (χ0n) is 11.5. The van der Waals surface area contributed by atoms with Crippen LogP contribution in [0.15, 0.2) is 60.7 Å². The molecule has 96 valence electrons. The molecule has 0 spiro atoms. The van der Waals surface area contributed by atoms with Crippen molar-refractivity contribution >= 4 is 11.8 Å². The van der Waals surface area contributed by atoms with Gasteiger partial charge in [0, 0.05) is 5.69 Å². The molecule has 0 heterocycles. The van der Waals surface area contributed by atoms with Crippen molar-refractivity contribution in [1.82, 2.24) is 0 Å². The molecular formula is C18H19N. The topological polar surface area (TPSA) is 26.0 Å². The van der Waals surface area contributed by atoms with Crippen molar-refractivity contribution < 1.29 is 0 Å². The van der Waals surface area contributed by atoms with E-state index in [1.54, 1.807) is 0 Å². The van der Waals surface area contributed by atoms with Crippen molar-refractivity contribution in [2.45, 2.75) is 13.8 Å². The third-order valence-electron chi connectivity index (χ3n) is 3.10. The molecule has 2 aromatic rings. The van der Waals surface area contributed by atoms with Gasteiger partial charge >= 0.3 is 0 Å². The third kappa shape index (κ3) is 3.14. The molecular weight excluding hydrogens is 230 g/mol. The van der Waals surface area contributed by atoms with E-state index in [4.69, 9.17) is 5.73 Å². The third-order valence-corrected chi connectivity index (χ3v) is 3.10. The molecule has 1 nitrogen and oxygen atoms in total. The molecule has 0 aliphatic carbocycles. The van der Waals surface area contributed by atoms with Gasteiger partial charge in [-0.2, -0.15) is 0 Å². The number of rotatable bonds is 3. The normalized spacial score (nSPS) is 10.8. The first-order valence-electron chi connectivity index (χ1n) is 6.37. The summed E-state index contributed by atoms with van der Waals surface area (Å²) in [5.74, 6) is 0. The number of hydrogen-bond acceptors (Lipinski definition) is 1. The van der Waals surface area contributed by atoms with Gasteiger partial charge in [0.15, 0.2) is 0 Å². The monoisotopic (exact) mass is 249 g/mol. The molecule has 0 saturated heterocycles. The van der Waals surface area contributed by atoms with Crippen LogP contribution < -0.4 is 5.73 Å². The average molecular weight is 249 g/mol. The minimum atomic E-state index is 0.783. The Bertz CT molecular complexity index is 622. The Labute approximate surface area is 115 Å². The van der Waals surface area contributed by atoms with Crippen LogP contribution in [0.25, 0.3) is 17.2 Å². The molecule has 19 heavy (non-hydrogen) atoms. The molecule has 0 atom stereocenters. The molecule has 1 heteroatoms. The van der Waals surface area contributed by atoms with Gasteiger partial charge in [-0.1, -0.05) is 54.6 Å². The number of allylic oxidation sites excluding steroid dienone is 2. The van der Waals surface area contributed by atoms with Crippen LogP contribution in [-0.2, 0) is 0 Å². The van der Waals surface area contributed by atoms with Crippen molar-refractivity contribution in [1.29, 1.82) is 0 Å². The fourth-order valence-corrected chi connectivity index (χ4v) is 2.08. The Morgan fingerprint density at radius 3 is 2.47 bits per heavy atom. The van der Waals surface area contributed by atoms with E-state index < -0.39 is 0 Å². The highest BCUT2D eigenvalue weighted by Gasteiger charge is 2.06. The van der Waals surface area contributed by atoms with Crippen LogP contribution >= 0.6 is 0 Å².